The predicted octanol–water partition coefficient (Wildman–Crippen LogP) is 13.3. The number of rotatable bonds is 2. The van der Waals surface area contributed by atoms with E-state index in [1.165, 1.54) is 85.3 Å². The van der Waals surface area contributed by atoms with Crippen molar-refractivity contribution in [2.45, 2.75) is 0 Å². The molecule has 0 saturated heterocycles. The van der Waals surface area contributed by atoms with Crippen LogP contribution in [0.2, 0.25) is 0 Å². The maximum absolute atomic E-state index is 6.91. The summed E-state index contributed by atoms with van der Waals surface area (Å²) < 4.78 is 9.52. The van der Waals surface area contributed by atoms with Gasteiger partial charge in [0.25, 0.3) is 0 Å². The van der Waals surface area contributed by atoms with Gasteiger partial charge >= 0.3 is 0 Å². The van der Waals surface area contributed by atoms with Gasteiger partial charge < -0.3 is 4.42 Å². The van der Waals surface area contributed by atoms with Gasteiger partial charge in [0.05, 0.1) is 0 Å². The Morgan fingerprint density at radius 2 is 1.02 bits per heavy atom. The molecule has 0 unspecified atom stereocenters. The Morgan fingerprint density at radius 3 is 1.91 bits per heavy atom. The number of furan rings is 1. The Bertz CT molecular complexity index is 3010. The second kappa shape index (κ2) is 8.94. The fourth-order valence-electron chi connectivity index (χ4n) is 7.88. The summed E-state index contributed by atoms with van der Waals surface area (Å²) in [5.74, 6) is 0. The summed E-state index contributed by atoms with van der Waals surface area (Å²) in [7, 11) is 0. The lowest BCUT2D eigenvalue weighted by Gasteiger charge is -2.15. The first kappa shape index (κ1) is 24.6. The van der Waals surface area contributed by atoms with E-state index in [2.05, 4.69) is 146 Å². The molecule has 0 aliphatic heterocycles. The Kier molecular flexibility index (Phi) is 4.78. The molecule has 212 valence electrons. The van der Waals surface area contributed by atoms with Crippen molar-refractivity contribution in [3.63, 3.8) is 0 Å². The van der Waals surface area contributed by atoms with Gasteiger partial charge in [-0.25, -0.2) is 0 Å². The molecular weight excluding hydrogens is 577 g/mol. The van der Waals surface area contributed by atoms with Crippen LogP contribution >= 0.6 is 11.3 Å². The fraction of sp³-hybridized carbons (Fsp3) is 0. The average molecular weight is 601 g/mol. The van der Waals surface area contributed by atoms with Crippen molar-refractivity contribution >= 4 is 96.5 Å². The molecule has 0 spiro atoms. The topological polar surface area (TPSA) is 13.1 Å². The lowest BCUT2D eigenvalue weighted by atomic mass is 9.87. The molecule has 2 heteroatoms. The highest BCUT2D eigenvalue weighted by molar-refractivity contribution is 7.25. The minimum Gasteiger partial charge on any atom is -0.455 e. The highest BCUT2D eigenvalue weighted by Crippen LogP contribution is 2.47. The monoisotopic (exact) mass is 600 g/mol. The van der Waals surface area contributed by atoms with Crippen LogP contribution in [0.25, 0.3) is 107 Å². The van der Waals surface area contributed by atoms with Crippen LogP contribution in [0, 0.1) is 0 Å². The minimum absolute atomic E-state index is 0.919. The zero-order valence-electron chi connectivity index (χ0n) is 24.7. The molecule has 9 aromatic carbocycles. The van der Waals surface area contributed by atoms with E-state index in [1.54, 1.807) is 0 Å². The van der Waals surface area contributed by atoms with E-state index in [0.29, 0.717) is 0 Å². The summed E-state index contributed by atoms with van der Waals surface area (Å²) in [6.45, 7) is 0. The van der Waals surface area contributed by atoms with E-state index in [1.807, 2.05) is 11.3 Å². The highest BCUT2D eigenvalue weighted by Gasteiger charge is 2.21. The zero-order chi connectivity index (χ0) is 29.9. The molecule has 0 aliphatic carbocycles. The first-order chi connectivity index (χ1) is 22.8. The van der Waals surface area contributed by atoms with E-state index in [4.69, 9.17) is 4.42 Å². The van der Waals surface area contributed by atoms with Crippen LogP contribution in [0.5, 0.6) is 0 Å². The van der Waals surface area contributed by atoms with E-state index in [0.717, 1.165) is 22.1 Å². The molecule has 11 rings (SSSR count). The molecule has 0 atom stereocenters. The second-order valence-electron chi connectivity index (χ2n) is 12.4. The van der Waals surface area contributed by atoms with Gasteiger partial charge in [0.1, 0.15) is 11.2 Å². The van der Waals surface area contributed by atoms with Gasteiger partial charge in [0.2, 0.25) is 0 Å². The third-order valence-corrected chi connectivity index (χ3v) is 11.1. The molecule has 46 heavy (non-hydrogen) atoms. The molecule has 1 nitrogen and oxygen atoms in total. The maximum Gasteiger partial charge on any atom is 0.143 e. The molecule has 0 aliphatic rings. The molecule has 2 aromatic heterocycles. The van der Waals surface area contributed by atoms with Crippen LogP contribution in [-0.4, -0.2) is 0 Å². The van der Waals surface area contributed by atoms with Gasteiger partial charge in [-0.05, 0) is 90.1 Å². The number of hydrogen-bond acceptors (Lipinski definition) is 2. The quantitative estimate of drug-likeness (QED) is 0.180. The van der Waals surface area contributed by atoms with Crippen LogP contribution in [0.3, 0.4) is 0 Å². The zero-order valence-corrected chi connectivity index (χ0v) is 25.5. The van der Waals surface area contributed by atoms with Crippen LogP contribution < -0.4 is 0 Å². The first-order valence-corrected chi connectivity index (χ1v) is 16.6. The summed E-state index contributed by atoms with van der Waals surface area (Å²) in [6, 6.07) is 53.6. The smallest absolute Gasteiger partial charge is 0.143 e. The first-order valence-electron chi connectivity index (χ1n) is 15.8. The van der Waals surface area contributed by atoms with Crippen LogP contribution in [0.15, 0.2) is 150 Å². The summed E-state index contributed by atoms with van der Waals surface area (Å²) in [6.07, 6.45) is 0. The number of thiophene rings is 1. The van der Waals surface area contributed by atoms with Crippen molar-refractivity contribution in [3.05, 3.63) is 146 Å². The number of fused-ring (bicyclic) bond motifs is 7. The molecule has 0 radical (unpaired) electrons. The number of hydrogen-bond donors (Lipinski definition) is 0. The third kappa shape index (κ3) is 3.29. The largest absolute Gasteiger partial charge is 0.455 e. The average Bonchev–Trinajstić information content (AvgIpc) is 3.67. The van der Waals surface area contributed by atoms with Gasteiger partial charge in [-0.3, -0.25) is 0 Å². The van der Waals surface area contributed by atoms with Crippen molar-refractivity contribution in [3.8, 4) is 22.3 Å². The third-order valence-electron chi connectivity index (χ3n) is 10.00. The highest BCUT2D eigenvalue weighted by atomic mass is 32.1. The molecule has 0 fully saturated rings. The Morgan fingerprint density at radius 1 is 0.370 bits per heavy atom. The van der Waals surface area contributed by atoms with Crippen LogP contribution in [0.1, 0.15) is 0 Å². The van der Waals surface area contributed by atoms with E-state index < -0.39 is 0 Å². The van der Waals surface area contributed by atoms with Gasteiger partial charge in [0.15, 0.2) is 0 Å². The van der Waals surface area contributed by atoms with Crippen molar-refractivity contribution in [2.24, 2.45) is 0 Å². The molecule has 0 saturated carbocycles. The van der Waals surface area contributed by atoms with Gasteiger partial charge in [-0.1, -0.05) is 115 Å². The predicted molar refractivity (Wildman–Crippen MR) is 199 cm³/mol. The van der Waals surface area contributed by atoms with Gasteiger partial charge in [0, 0.05) is 36.5 Å². The van der Waals surface area contributed by atoms with Crippen molar-refractivity contribution in [1.29, 1.82) is 0 Å². The van der Waals surface area contributed by atoms with Gasteiger partial charge in [-0.2, -0.15) is 0 Å². The maximum atomic E-state index is 6.91. The summed E-state index contributed by atoms with van der Waals surface area (Å²) in [5.41, 5.74) is 6.59. The molecular formula is C44H24OS. The Balaban J connectivity index is 1.25. The lowest BCUT2D eigenvalue weighted by molar-refractivity contribution is 0.670. The SMILES string of the molecule is c1ccc2cc3c(cc2c1)oc1c(-c2ccc4c(c2)sc2ccccc24)ccc(-c2ccc4ccc5cccc6ccc2c4c56)c13. The fourth-order valence-corrected chi connectivity index (χ4v) is 9.03. The molecule has 11 aromatic rings. The van der Waals surface area contributed by atoms with Gasteiger partial charge in [-0.15, -0.1) is 11.3 Å². The van der Waals surface area contributed by atoms with Crippen LogP contribution in [0.4, 0.5) is 0 Å². The van der Waals surface area contributed by atoms with Crippen LogP contribution in [-0.2, 0) is 0 Å². The summed E-state index contributed by atoms with van der Waals surface area (Å²) >= 11 is 1.86. The van der Waals surface area contributed by atoms with E-state index in [-0.39, 0.29) is 0 Å². The Labute approximate surface area is 267 Å². The summed E-state index contributed by atoms with van der Waals surface area (Å²) in [5, 5.41) is 15.1. The number of benzene rings is 9. The summed E-state index contributed by atoms with van der Waals surface area (Å²) in [4.78, 5) is 0. The molecule has 0 bridgehead atoms. The van der Waals surface area contributed by atoms with Crippen molar-refractivity contribution in [2.75, 3.05) is 0 Å². The van der Waals surface area contributed by atoms with Crippen molar-refractivity contribution < 1.29 is 4.42 Å². The molecule has 2 heterocycles. The second-order valence-corrected chi connectivity index (χ2v) is 13.5. The normalized spacial score (nSPS) is 12.3. The molecule has 0 N–H and O–H groups in total. The standard InChI is InChI=1S/C44H24OS/c1-2-7-29-23-38-37(22-28(29)6-1)43-36(32-17-14-27-13-12-25-8-5-9-26-15-19-35(32)42(27)41(25)26)21-20-31(44(43)45-38)30-16-18-34-33-10-3-4-11-39(33)46-40(34)24-30/h1-24H. The van der Waals surface area contributed by atoms with E-state index >= 15 is 0 Å². The lowest BCUT2D eigenvalue weighted by Crippen LogP contribution is -1.89. The van der Waals surface area contributed by atoms with Crippen molar-refractivity contribution in [1.82, 2.24) is 0 Å². The Hall–Kier alpha value is -5.70. The minimum atomic E-state index is 0.919. The van der Waals surface area contributed by atoms with E-state index in [9.17, 15) is 0 Å². The molecule has 0 amide bonds.